The van der Waals surface area contributed by atoms with E-state index in [1.165, 1.54) is 0 Å². The van der Waals surface area contributed by atoms with Crippen LogP contribution in [0.3, 0.4) is 0 Å². The summed E-state index contributed by atoms with van der Waals surface area (Å²) in [6.45, 7) is 1.44. The summed E-state index contributed by atoms with van der Waals surface area (Å²) in [5.74, 6) is 0.0259. The van der Waals surface area contributed by atoms with Crippen LogP contribution in [-0.4, -0.2) is 48.7 Å². The van der Waals surface area contributed by atoms with E-state index < -0.39 is 0 Å². The third kappa shape index (κ3) is 2.68. The second kappa shape index (κ2) is 6.27. The quantitative estimate of drug-likeness (QED) is 0.739. The first-order chi connectivity index (χ1) is 11.8. The third-order valence-corrected chi connectivity index (χ3v) is 4.39. The van der Waals surface area contributed by atoms with Crippen molar-refractivity contribution in [2.75, 3.05) is 13.1 Å². The van der Waals surface area contributed by atoms with Crippen LogP contribution in [0.15, 0.2) is 55.1 Å². The minimum Gasteiger partial charge on any atom is -0.336 e. The van der Waals surface area contributed by atoms with Crippen LogP contribution in [0.1, 0.15) is 29.2 Å². The summed E-state index contributed by atoms with van der Waals surface area (Å²) in [5.41, 5.74) is 1.39. The van der Waals surface area contributed by atoms with Gasteiger partial charge in [0.25, 0.3) is 5.91 Å². The SMILES string of the molecule is O=C(c1ccccc1-n1ccnn1)N1CCC[C@@H](n2cccn2)C1. The maximum absolute atomic E-state index is 13.1. The number of nitrogens with zero attached hydrogens (tertiary/aromatic N) is 6. The molecule has 1 aliphatic heterocycles. The first-order valence-corrected chi connectivity index (χ1v) is 8.07. The topological polar surface area (TPSA) is 68.8 Å². The smallest absolute Gasteiger partial charge is 0.256 e. The summed E-state index contributed by atoms with van der Waals surface area (Å²) < 4.78 is 3.57. The highest BCUT2D eigenvalue weighted by atomic mass is 16.2. The molecule has 1 saturated heterocycles. The van der Waals surface area contributed by atoms with Crippen LogP contribution < -0.4 is 0 Å². The van der Waals surface area contributed by atoms with Gasteiger partial charge in [0.2, 0.25) is 0 Å². The van der Waals surface area contributed by atoms with E-state index in [1.54, 1.807) is 23.3 Å². The fourth-order valence-electron chi connectivity index (χ4n) is 3.21. The Morgan fingerprint density at radius 3 is 2.83 bits per heavy atom. The molecule has 0 spiro atoms. The Kier molecular flexibility index (Phi) is 3.82. The number of amides is 1. The van der Waals surface area contributed by atoms with Gasteiger partial charge in [0, 0.05) is 25.5 Å². The van der Waals surface area contributed by atoms with Crippen LogP contribution in [0.5, 0.6) is 0 Å². The number of piperidine rings is 1. The Bertz CT molecular complexity index is 811. The van der Waals surface area contributed by atoms with Gasteiger partial charge in [0.05, 0.1) is 29.7 Å². The maximum Gasteiger partial charge on any atom is 0.256 e. The second-order valence-electron chi connectivity index (χ2n) is 5.90. The van der Waals surface area contributed by atoms with E-state index in [9.17, 15) is 4.79 Å². The van der Waals surface area contributed by atoms with E-state index in [-0.39, 0.29) is 11.9 Å². The summed E-state index contributed by atoms with van der Waals surface area (Å²) >= 11 is 0. The van der Waals surface area contributed by atoms with Crippen molar-refractivity contribution in [1.29, 1.82) is 0 Å². The molecule has 24 heavy (non-hydrogen) atoms. The molecule has 2 aromatic heterocycles. The fourth-order valence-corrected chi connectivity index (χ4v) is 3.21. The molecule has 122 valence electrons. The standard InChI is InChI=1S/C17H18N6O/c24-17(15-6-1-2-7-16(15)23-12-9-18-20-23)21-10-3-5-14(13-21)22-11-4-8-19-22/h1-2,4,6-9,11-12,14H,3,5,10,13H2/t14-/m1/s1. The van der Waals surface area contributed by atoms with Crippen molar-refractivity contribution in [1.82, 2.24) is 29.7 Å². The molecule has 0 N–H and O–H groups in total. The van der Waals surface area contributed by atoms with Crippen LogP contribution >= 0.6 is 0 Å². The summed E-state index contributed by atoms with van der Waals surface area (Å²) in [5, 5.41) is 12.2. The summed E-state index contributed by atoms with van der Waals surface area (Å²) in [7, 11) is 0. The van der Waals surface area contributed by atoms with Crippen molar-refractivity contribution >= 4 is 5.91 Å². The van der Waals surface area contributed by atoms with Crippen molar-refractivity contribution in [3.05, 3.63) is 60.7 Å². The molecule has 1 aliphatic rings. The molecule has 1 aromatic carbocycles. The lowest BCUT2D eigenvalue weighted by molar-refractivity contribution is 0.0673. The first-order valence-electron chi connectivity index (χ1n) is 8.07. The number of benzene rings is 1. The second-order valence-corrected chi connectivity index (χ2v) is 5.90. The predicted octanol–water partition coefficient (Wildman–Crippen LogP) is 1.94. The van der Waals surface area contributed by atoms with Crippen LogP contribution in [0.2, 0.25) is 0 Å². The number of carbonyl (C=O) groups is 1. The van der Waals surface area contributed by atoms with Gasteiger partial charge in [0.1, 0.15) is 0 Å². The molecule has 3 aromatic rings. The predicted molar refractivity (Wildman–Crippen MR) is 87.8 cm³/mol. The highest BCUT2D eigenvalue weighted by Crippen LogP contribution is 2.24. The molecule has 0 radical (unpaired) electrons. The number of carbonyl (C=O) groups excluding carboxylic acids is 1. The molecular weight excluding hydrogens is 304 g/mol. The average molecular weight is 322 g/mol. The third-order valence-electron chi connectivity index (χ3n) is 4.39. The van der Waals surface area contributed by atoms with Crippen LogP contribution in [-0.2, 0) is 0 Å². The molecule has 1 fully saturated rings. The minimum absolute atomic E-state index is 0.0259. The van der Waals surface area contributed by atoms with Crippen molar-refractivity contribution in [2.24, 2.45) is 0 Å². The zero-order valence-corrected chi connectivity index (χ0v) is 13.2. The summed E-state index contributed by atoms with van der Waals surface area (Å²) in [6.07, 6.45) is 9.10. The Hall–Kier alpha value is -2.96. The van der Waals surface area contributed by atoms with Crippen molar-refractivity contribution in [3.63, 3.8) is 0 Å². The number of rotatable bonds is 3. The highest BCUT2D eigenvalue weighted by Gasteiger charge is 2.27. The van der Waals surface area contributed by atoms with Gasteiger partial charge < -0.3 is 4.90 Å². The first kappa shape index (κ1) is 14.6. The van der Waals surface area contributed by atoms with Crippen molar-refractivity contribution in [3.8, 4) is 5.69 Å². The molecule has 7 heteroatoms. The van der Waals surface area contributed by atoms with E-state index >= 15 is 0 Å². The molecule has 1 atom stereocenters. The van der Waals surface area contributed by atoms with Gasteiger partial charge in [-0.05, 0) is 31.0 Å². The Balaban J connectivity index is 1.60. The number of para-hydroxylation sites is 1. The Labute approximate surface area is 139 Å². The average Bonchev–Trinajstić information content (AvgIpc) is 3.35. The molecule has 0 bridgehead atoms. The normalized spacial score (nSPS) is 17.8. The monoisotopic (exact) mass is 322 g/mol. The van der Waals surface area contributed by atoms with Gasteiger partial charge in [-0.1, -0.05) is 17.3 Å². The number of aromatic nitrogens is 5. The van der Waals surface area contributed by atoms with Gasteiger partial charge in [-0.25, -0.2) is 4.68 Å². The maximum atomic E-state index is 13.1. The van der Waals surface area contributed by atoms with Gasteiger partial charge in [-0.3, -0.25) is 9.48 Å². The molecular formula is C17H18N6O. The molecule has 0 saturated carbocycles. The van der Waals surface area contributed by atoms with Crippen molar-refractivity contribution in [2.45, 2.75) is 18.9 Å². The van der Waals surface area contributed by atoms with Gasteiger partial charge >= 0.3 is 0 Å². The Morgan fingerprint density at radius 2 is 2.04 bits per heavy atom. The van der Waals surface area contributed by atoms with E-state index in [4.69, 9.17) is 0 Å². The lowest BCUT2D eigenvalue weighted by atomic mass is 10.0. The Morgan fingerprint density at radius 1 is 1.12 bits per heavy atom. The molecule has 3 heterocycles. The lowest BCUT2D eigenvalue weighted by Crippen LogP contribution is -2.41. The molecule has 4 rings (SSSR count). The zero-order valence-electron chi connectivity index (χ0n) is 13.2. The molecule has 7 nitrogen and oxygen atoms in total. The van der Waals surface area contributed by atoms with E-state index in [0.717, 1.165) is 25.1 Å². The van der Waals surface area contributed by atoms with Gasteiger partial charge in [-0.2, -0.15) is 5.10 Å². The van der Waals surface area contributed by atoms with Crippen molar-refractivity contribution < 1.29 is 4.79 Å². The molecule has 0 aliphatic carbocycles. The number of hydrogen-bond donors (Lipinski definition) is 0. The largest absolute Gasteiger partial charge is 0.336 e. The number of hydrogen-bond acceptors (Lipinski definition) is 4. The lowest BCUT2D eigenvalue weighted by Gasteiger charge is -2.33. The molecule has 1 amide bonds. The summed E-state index contributed by atoms with van der Waals surface area (Å²) in [6, 6.07) is 9.66. The minimum atomic E-state index is 0.0259. The summed E-state index contributed by atoms with van der Waals surface area (Å²) in [4.78, 5) is 15.0. The van der Waals surface area contributed by atoms with E-state index in [1.807, 2.05) is 46.1 Å². The van der Waals surface area contributed by atoms with Crippen LogP contribution in [0.25, 0.3) is 5.69 Å². The van der Waals surface area contributed by atoms with Crippen LogP contribution in [0, 0.1) is 0 Å². The molecule has 0 unspecified atom stereocenters. The van der Waals surface area contributed by atoms with Gasteiger partial charge in [0.15, 0.2) is 0 Å². The highest BCUT2D eigenvalue weighted by molar-refractivity contribution is 5.97. The van der Waals surface area contributed by atoms with Gasteiger partial charge in [-0.15, -0.1) is 5.10 Å². The number of likely N-dealkylation sites (tertiary alicyclic amines) is 1. The van der Waals surface area contributed by atoms with Crippen LogP contribution in [0.4, 0.5) is 0 Å². The van der Waals surface area contributed by atoms with E-state index in [2.05, 4.69) is 15.4 Å². The fraction of sp³-hybridized carbons (Fsp3) is 0.294. The zero-order chi connectivity index (χ0) is 16.4. The van der Waals surface area contributed by atoms with E-state index in [0.29, 0.717) is 12.1 Å².